The van der Waals surface area contributed by atoms with Gasteiger partial charge in [-0.3, -0.25) is 9.59 Å². The van der Waals surface area contributed by atoms with Crippen LogP contribution in [0.4, 0.5) is 0 Å². The zero-order chi connectivity index (χ0) is 19.3. The number of allylic oxidation sites excluding steroid dienone is 3. The molecule has 0 saturated heterocycles. The molecule has 136 valence electrons. The summed E-state index contributed by atoms with van der Waals surface area (Å²) in [5, 5.41) is 13.9. The quantitative estimate of drug-likeness (QED) is 0.741. The average molecular weight is 391 g/mol. The summed E-state index contributed by atoms with van der Waals surface area (Å²) in [6.07, 6.45) is 0. The van der Waals surface area contributed by atoms with E-state index >= 15 is 0 Å². The monoisotopic (exact) mass is 390 g/mol. The summed E-state index contributed by atoms with van der Waals surface area (Å²) in [7, 11) is 0. The normalized spacial score (nSPS) is 16.8. The van der Waals surface area contributed by atoms with Gasteiger partial charge >= 0.3 is 5.97 Å². The zero-order valence-corrected chi connectivity index (χ0v) is 16.3. The lowest BCUT2D eigenvalue weighted by atomic mass is 9.81. The number of hydrogen-bond donors (Lipinski definition) is 1. The van der Waals surface area contributed by atoms with Gasteiger partial charge in [0.2, 0.25) is 0 Å². The highest BCUT2D eigenvalue weighted by Crippen LogP contribution is 2.42. The predicted octanol–water partition coefficient (Wildman–Crippen LogP) is 3.92. The molecule has 7 heteroatoms. The lowest BCUT2D eigenvalue weighted by molar-refractivity contribution is -0.139. The van der Waals surface area contributed by atoms with E-state index in [1.165, 1.54) is 18.7 Å². The molecule has 2 rings (SSSR count). The Labute approximate surface area is 162 Å². The van der Waals surface area contributed by atoms with Crippen LogP contribution in [-0.2, 0) is 14.3 Å². The highest BCUT2D eigenvalue weighted by Gasteiger charge is 2.34. The van der Waals surface area contributed by atoms with E-state index in [9.17, 15) is 14.9 Å². The number of carbonyl (C=O) groups is 2. The number of nitriles is 1. The molecular weight excluding hydrogens is 372 g/mol. The Bertz CT molecular complexity index is 839. The maximum Gasteiger partial charge on any atom is 0.316 e. The molecule has 1 aromatic carbocycles. The van der Waals surface area contributed by atoms with E-state index < -0.39 is 5.92 Å². The maximum absolute atomic E-state index is 12.3. The number of hydrogen-bond acceptors (Lipinski definition) is 6. The van der Waals surface area contributed by atoms with E-state index in [2.05, 4.69) is 11.4 Å². The van der Waals surface area contributed by atoms with Crippen molar-refractivity contribution < 1.29 is 14.3 Å². The number of ketones is 1. The smallest absolute Gasteiger partial charge is 0.316 e. The van der Waals surface area contributed by atoms with Gasteiger partial charge in [-0.15, -0.1) is 0 Å². The van der Waals surface area contributed by atoms with Crippen molar-refractivity contribution in [3.63, 3.8) is 0 Å². The van der Waals surface area contributed by atoms with Gasteiger partial charge in [0, 0.05) is 16.3 Å². The third kappa shape index (κ3) is 4.29. The second-order valence-electron chi connectivity index (χ2n) is 5.62. The number of rotatable bonds is 6. The Balaban J connectivity index is 2.51. The van der Waals surface area contributed by atoms with Crippen LogP contribution in [0.1, 0.15) is 32.3 Å². The van der Waals surface area contributed by atoms with Gasteiger partial charge in [0.1, 0.15) is 0 Å². The first kappa shape index (κ1) is 20.1. The van der Waals surface area contributed by atoms with Crippen molar-refractivity contribution in [2.45, 2.75) is 26.7 Å². The van der Waals surface area contributed by atoms with Crippen molar-refractivity contribution in [3.8, 4) is 6.07 Å². The summed E-state index contributed by atoms with van der Waals surface area (Å²) in [6.45, 7) is 5.28. The second kappa shape index (κ2) is 8.93. The van der Waals surface area contributed by atoms with Crippen molar-refractivity contribution in [2.75, 3.05) is 12.4 Å². The molecule has 0 aliphatic carbocycles. The molecule has 1 aliphatic rings. The molecule has 0 aromatic heterocycles. The third-order valence-corrected chi connectivity index (χ3v) is 5.22. The van der Waals surface area contributed by atoms with Crippen molar-refractivity contribution in [3.05, 3.63) is 56.7 Å². The highest BCUT2D eigenvalue weighted by molar-refractivity contribution is 8.03. The largest absolute Gasteiger partial charge is 0.465 e. The van der Waals surface area contributed by atoms with Gasteiger partial charge in [-0.1, -0.05) is 41.6 Å². The van der Waals surface area contributed by atoms with E-state index in [1.807, 2.05) is 6.07 Å². The third-order valence-electron chi connectivity index (χ3n) is 3.88. The first-order chi connectivity index (χ1) is 12.4. The highest BCUT2D eigenvalue weighted by atomic mass is 35.5. The lowest BCUT2D eigenvalue weighted by Crippen LogP contribution is -2.27. The van der Waals surface area contributed by atoms with Gasteiger partial charge in [-0.25, -0.2) is 0 Å². The predicted molar refractivity (Wildman–Crippen MR) is 102 cm³/mol. The van der Waals surface area contributed by atoms with Gasteiger partial charge in [-0.05, 0) is 32.4 Å². The minimum absolute atomic E-state index is 0.0687. The van der Waals surface area contributed by atoms with E-state index in [-0.39, 0.29) is 17.5 Å². The Hall–Kier alpha value is -2.23. The molecular formula is C19H19ClN2O3S. The number of nitrogens with one attached hydrogen (secondary N) is 1. The maximum atomic E-state index is 12.3. The minimum Gasteiger partial charge on any atom is -0.465 e. The molecule has 0 spiro atoms. The van der Waals surface area contributed by atoms with Crippen LogP contribution in [0.5, 0.6) is 0 Å². The number of esters is 1. The summed E-state index contributed by atoms with van der Waals surface area (Å²) in [4.78, 5) is 23.9. The van der Waals surface area contributed by atoms with Crippen molar-refractivity contribution in [1.82, 2.24) is 5.32 Å². The number of dihydropyridines is 1. The molecule has 1 heterocycles. The number of thioether (sulfide) groups is 1. The van der Waals surface area contributed by atoms with Crippen molar-refractivity contribution in [2.24, 2.45) is 0 Å². The molecule has 0 fully saturated rings. The van der Waals surface area contributed by atoms with Crippen molar-refractivity contribution >= 4 is 35.1 Å². The lowest BCUT2D eigenvalue weighted by Gasteiger charge is -2.29. The molecule has 0 unspecified atom stereocenters. The molecule has 1 aliphatic heterocycles. The zero-order valence-electron chi connectivity index (χ0n) is 14.8. The molecule has 1 N–H and O–H groups in total. The first-order valence-electron chi connectivity index (χ1n) is 8.06. The summed E-state index contributed by atoms with van der Waals surface area (Å²) in [5.74, 6) is -1.00. The Kier molecular flexibility index (Phi) is 6.90. The van der Waals surface area contributed by atoms with Crippen molar-refractivity contribution in [1.29, 1.82) is 5.26 Å². The topological polar surface area (TPSA) is 79.2 Å². The SMILES string of the molecule is CCOC(=O)CSC1=C(C#N)[C@H](c2ccccc2Cl)C(C(C)=O)=C(C)N1. The van der Waals surface area contributed by atoms with Crippen LogP contribution in [0.3, 0.4) is 0 Å². The molecule has 0 bridgehead atoms. The van der Waals surface area contributed by atoms with Crippen LogP contribution >= 0.6 is 23.4 Å². The molecule has 0 saturated carbocycles. The van der Waals surface area contributed by atoms with Crippen LogP contribution in [0, 0.1) is 11.3 Å². The van der Waals surface area contributed by atoms with E-state index in [0.717, 1.165) is 0 Å². The van der Waals surface area contributed by atoms with Crippen LogP contribution in [0.15, 0.2) is 46.1 Å². The molecule has 5 nitrogen and oxygen atoms in total. The van der Waals surface area contributed by atoms with E-state index in [0.29, 0.717) is 39.1 Å². The number of Topliss-reactive ketones (excluding diaryl/α,β-unsaturated/α-hetero) is 1. The van der Waals surface area contributed by atoms with Crippen LogP contribution in [0.2, 0.25) is 5.02 Å². The van der Waals surface area contributed by atoms with Gasteiger partial charge in [0.15, 0.2) is 5.78 Å². The average Bonchev–Trinajstić information content (AvgIpc) is 2.59. The van der Waals surface area contributed by atoms with Crippen LogP contribution < -0.4 is 5.32 Å². The number of halogens is 1. The van der Waals surface area contributed by atoms with Crippen LogP contribution in [0.25, 0.3) is 0 Å². The molecule has 26 heavy (non-hydrogen) atoms. The second-order valence-corrected chi connectivity index (χ2v) is 7.02. The number of carbonyl (C=O) groups excluding carboxylic acids is 2. The number of ether oxygens (including phenoxy) is 1. The number of nitrogens with zero attached hydrogens (tertiary/aromatic N) is 1. The summed E-state index contributed by atoms with van der Waals surface area (Å²) in [5.41, 5.74) is 2.19. The summed E-state index contributed by atoms with van der Waals surface area (Å²) >= 11 is 7.53. The molecule has 0 amide bonds. The standard InChI is InChI=1S/C19H19ClN2O3S/c1-4-25-16(24)10-26-19-14(9-21)18(13-7-5-6-8-15(13)20)17(12(3)23)11(2)22-19/h5-8,18,22H,4,10H2,1-3H3/t18-/m0/s1. The fourth-order valence-corrected chi connectivity index (χ4v) is 3.98. The minimum atomic E-state index is -0.572. The molecule has 0 radical (unpaired) electrons. The van der Waals surface area contributed by atoms with E-state index in [4.69, 9.17) is 16.3 Å². The first-order valence-corrected chi connectivity index (χ1v) is 9.42. The number of benzene rings is 1. The van der Waals surface area contributed by atoms with Gasteiger partial charge < -0.3 is 10.1 Å². The van der Waals surface area contributed by atoms with Gasteiger partial charge in [-0.2, -0.15) is 5.26 Å². The fraction of sp³-hybridized carbons (Fsp3) is 0.316. The summed E-state index contributed by atoms with van der Waals surface area (Å²) < 4.78 is 4.94. The van der Waals surface area contributed by atoms with E-state index in [1.54, 1.807) is 32.0 Å². The van der Waals surface area contributed by atoms with Crippen LogP contribution in [-0.4, -0.2) is 24.1 Å². The Morgan fingerprint density at radius 1 is 1.38 bits per heavy atom. The fourth-order valence-electron chi connectivity index (χ4n) is 2.85. The molecule has 1 aromatic rings. The molecule has 1 atom stereocenters. The Morgan fingerprint density at radius 2 is 2.08 bits per heavy atom. The van der Waals surface area contributed by atoms with Gasteiger partial charge in [0.25, 0.3) is 0 Å². The summed E-state index contributed by atoms with van der Waals surface area (Å²) in [6, 6.07) is 9.33. The Morgan fingerprint density at radius 3 is 2.65 bits per heavy atom. The van der Waals surface area contributed by atoms with Gasteiger partial charge in [0.05, 0.1) is 34.9 Å².